The van der Waals surface area contributed by atoms with E-state index in [-0.39, 0.29) is 5.92 Å². The zero-order valence-electron chi connectivity index (χ0n) is 24.6. The normalized spacial score (nSPS) is 16.9. The van der Waals surface area contributed by atoms with Crippen LogP contribution in [0.2, 0.25) is 0 Å². The number of methoxy groups -OCH3 is 1. The van der Waals surface area contributed by atoms with E-state index in [4.69, 9.17) is 9.72 Å². The Morgan fingerprint density at radius 3 is 2.32 bits per heavy atom. The highest BCUT2D eigenvalue weighted by molar-refractivity contribution is 5.79. The number of ether oxygens (including phenoxy) is 1. The minimum atomic E-state index is 0.122. The van der Waals surface area contributed by atoms with E-state index in [1.54, 1.807) is 7.11 Å². The van der Waals surface area contributed by atoms with E-state index in [2.05, 4.69) is 87.7 Å². The second kappa shape index (κ2) is 12.0. The molecule has 0 saturated carbocycles. The number of aryl methyl sites for hydroxylation is 2. The number of rotatable bonds is 7. The minimum Gasteiger partial charge on any atom is -0.497 e. The highest BCUT2D eigenvalue weighted by Crippen LogP contribution is 2.26. The van der Waals surface area contributed by atoms with E-state index < -0.39 is 0 Å². The van der Waals surface area contributed by atoms with E-state index in [1.807, 2.05) is 12.1 Å². The van der Waals surface area contributed by atoms with Crippen LogP contribution in [0.25, 0.3) is 11.0 Å². The Labute approximate surface area is 243 Å². The molecule has 0 atom stereocenters. The monoisotopic (exact) mass is 551 g/mol. The van der Waals surface area contributed by atoms with Crippen LogP contribution in [0.4, 0.5) is 5.69 Å². The van der Waals surface area contributed by atoms with Gasteiger partial charge in [-0.2, -0.15) is 0 Å². The van der Waals surface area contributed by atoms with Crippen LogP contribution in [0.3, 0.4) is 0 Å². The van der Waals surface area contributed by atoms with Gasteiger partial charge in [-0.1, -0.05) is 42.0 Å². The number of fused-ring (bicyclic) bond motifs is 1. The number of hydrogen-bond acceptors (Lipinski definition) is 5. The molecule has 41 heavy (non-hydrogen) atoms. The van der Waals surface area contributed by atoms with Crippen molar-refractivity contribution in [2.75, 3.05) is 51.3 Å². The molecule has 2 fully saturated rings. The molecule has 3 heterocycles. The first-order valence-electron chi connectivity index (χ1n) is 14.9. The quantitative estimate of drug-likeness (QED) is 0.313. The van der Waals surface area contributed by atoms with Crippen molar-refractivity contribution in [2.24, 2.45) is 5.92 Å². The summed E-state index contributed by atoms with van der Waals surface area (Å²) in [7, 11) is 1.70. The maximum absolute atomic E-state index is 13.5. The van der Waals surface area contributed by atoms with E-state index in [0.29, 0.717) is 5.91 Å². The Hall–Kier alpha value is -3.84. The van der Waals surface area contributed by atoms with Crippen LogP contribution >= 0.6 is 0 Å². The molecular weight excluding hydrogens is 510 g/mol. The Balaban J connectivity index is 1.06. The fourth-order valence-corrected chi connectivity index (χ4v) is 6.46. The summed E-state index contributed by atoms with van der Waals surface area (Å²) in [6.07, 6.45) is 1.82. The Morgan fingerprint density at radius 2 is 1.61 bits per heavy atom. The number of aromatic nitrogens is 2. The molecular formula is C34H41N5O2. The molecule has 2 aliphatic rings. The van der Waals surface area contributed by atoms with Crippen LogP contribution < -0.4 is 9.64 Å². The summed E-state index contributed by atoms with van der Waals surface area (Å²) in [6, 6.07) is 23.3. The fraction of sp³-hybridized carbons (Fsp3) is 0.412. The molecule has 214 valence electrons. The number of hydrogen-bond donors (Lipinski definition) is 0. The van der Waals surface area contributed by atoms with Gasteiger partial charge in [0.2, 0.25) is 5.91 Å². The molecule has 0 bridgehead atoms. The number of para-hydroxylation sites is 2. The van der Waals surface area contributed by atoms with Gasteiger partial charge in [0.25, 0.3) is 0 Å². The average molecular weight is 552 g/mol. The molecule has 0 aliphatic carbocycles. The third kappa shape index (κ3) is 5.96. The number of likely N-dealkylation sites (tertiary alicyclic amines) is 1. The molecule has 3 aromatic carbocycles. The lowest BCUT2D eigenvalue weighted by molar-refractivity contribution is -0.137. The summed E-state index contributed by atoms with van der Waals surface area (Å²) in [5, 5.41) is 0. The highest BCUT2D eigenvalue weighted by Gasteiger charge is 2.31. The number of nitrogens with zero attached hydrogens (tertiary/aromatic N) is 5. The van der Waals surface area contributed by atoms with E-state index >= 15 is 0 Å². The lowest BCUT2D eigenvalue weighted by atomic mass is 9.95. The molecule has 2 aliphatic heterocycles. The van der Waals surface area contributed by atoms with Crippen molar-refractivity contribution < 1.29 is 9.53 Å². The standard InChI is InChI=1S/C34H41N5O2/c1-25-8-13-31(26(2)22-25)37-18-20-38(21-19-37)34(40)28-14-16-36(17-15-28)24-33-35-30-6-4-5-7-32(30)39(33)23-27-9-11-29(41-3)12-10-27/h4-13,22,28H,14-21,23-24H2,1-3H3. The van der Waals surface area contributed by atoms with Crippen molar-refractivity contribution >= 4 is 22.6 Å². The van der Waals surface area contributed by atoms with Gasteiger partial charge < -0.3 is 19.1 Å². The molecule has 0 radical (unpaired) electrons. The lowest BCUT2D eigenvalue weighted by Gasteiger charge is -2.39. The molecule has 7 nitrogen and oxygen atoms in total. The van der Waals surface area contributed by atoms with Crippen molar-refractivity contribution in [3.63, 3.8) is 0 Å². The first-order chi connectivity index (χ1) is 20.0. The molecule has 1 amide bonds. The Kier molecular flexibility index (Phi) is 7.97. The van der Waals surface area contributed by atoms with E-state index in [9.17, 15) is 4.79 Å². The van der Waals surface area contributed by atoms with Crippen LogP contribution in [-0.2, 0) is 17.9 Å². The summed E-state index contributed by atoms with van der Waals surface area (Å²) in [4.78, 5) is 25.5. The minimum absolute atomic E-state index is 0.122. The Morgan fingerprint density at radius 1 is 0.878 bits per heavy atom. The number of benzene rings is 3. The summed E-state index contributed by atoms with van der Waals surface area (Å²) in [6.45, 7) is 11.1. The zero-order valence-corrected chi connectivity index (χ0v) is 24.6. The maximum Gasteiger partial charge on any atom is 0.225 e. The number of carbonyl (C=O) groups excluding carboxylic acids is 1. The van der Waals surface area contributed by atoms with E-state index in [1.165, 1.54) is 22.4 Å². The van der Waals surface area contributed by atoms with Gasteiger partial charge in [-0.25, -0.2) is 4.98 Å². The molecule has 0 unspecified atom stereocenters. The van der Waals surface area contributed by atoms with Crippen LogP contribution in [0.5, 0.6) is 5.75 Å². The van der Waals surface area contributed by atoms with Crippen LogP contribution in [0.1, 0.15) is 35.4 Å². The summed E-state index contributed by atoms with van der Waals surface area (Å²) < 4.78 is 7.68. The molecule has 6 rings (SSSR count). The topological polar surface area (TPSA) is 53.8 Å². The SMILES string of the molecule is COc1ccc(Cn2c(CN3CCC(C(=O)N4CCN(c5ccc(C)cc5C)CC4)CC3)nc3ccccc32)cc1. The molecule has 4 aromatic rings. The first-order valence-corrected chi connectivity index (χ1v) is 14.9. The molecule has 7 heteroatoms. The number of imidazole rings is 1. The third-order valence-electron chi connectivity index (χ3n) is 8.82. The molecule has 0 spiro atoms. The first kappa shape index (κ1) is 27.3. The summed E-state index contributed by atoms with van der Waals surface area (Å²) >= 11 is 0. The van der Waals surface area contributed by atoms with Gasteiger partial charge in [-0.05, 0) is 81.2 Å². The van der Waals surface area contributed by atoms with Crippen LogP contribution in [0.15, 0.2) is 66.7 Å². The van der Waals surface area contributed by atoms with Gasteiger partial charge in [-0.15, -0.1) is 0 Å². The third-order valence-corrected chi connectivity index (χ3v) is 8.82. The van der Waals surface area contributed by atoms with Gasteiger partial charge >= 0.3 is 0 Å². The lowest BCUT2D eigenvalue weighted by Crippen LogP contribution is -2.51. The highest BCUT2D eigenvalue weighted by atomic mass is 16.5. The predicted molar refractivity (Wildman–Crippen MR) is 165 cm³/mol. The van der Waals surface area contributed by atoms with Crippen molar-refractivity contribution in [2.45, 2.75) is 39.8 Å². The summed E-state index contributed by atoms with van der Waals surface area (Å²) in [5.41, 5.74) is 7.31. The molecule has 0 N–H and O–H groups in total. The van der Waals surface area contributed by atoms with Gasteiger partial charge in [0, 0.05) is 44.3 Å². The van der Waals surface area contributed by atoms with Crippen molar-refractivity contribution in [1.82, 2.24) is 19.4 Å². The second-order valence-corrected chi connectivity index (χ2v) is 11.6. The van der Waals surface area contributed by atoms with Gasteiger partial charge in [0.05, 0.1) is 24.7 Å². The Bertz CT molecular complexity index is 1500. The van der Waals surface area contributed by atoms with Crippen LogP contribution in [0, 0.1) is 19.8 Å². The number of piperazine rings is 1. The van der Waals surface area contributed by atoms with Gasteiger partial charge in [0.15, 0.2) is 0 Å². The molecule has 2 saturated heterocycles. The van der Waals surface area contributed by atoms with Gasteiger partial charge in [0.1, 0.15) is 11.6 Å². The number of anilines is 1. The number of amides is 1. The fourth-order valence-electron chi connectivity index (χ4n) is 6.46. The van der Waals surface area contributed by atoms with Gasteiger partial charge in [-0.3, -0.25) is 9.69 Å². The second-order valence-electron chi connectivity index (χ2n) is 11.6. The number of carbonyl (C=O) groups is 1. The number of piperidine rings is 1. The average Bonchev–Trinajstić information content (AvgIpc) is 3.34. The maximum atomic E-state index is 13.5. The van der Waals surface area contributed by atoms with Crippen molar-refractivity contribution in [3.05, 3.63) is 89.2 Å². The van der Waals surface area contributed by atoms with E-state index in [0.717, 1.165) is 87.8 Å². The largest absolute Gasteiger partial charge is 0.497 e. The molecule has 1 aromatic heterocycles. The van der Waals surface area contributed by atoms with Crippen LogP contribution in [-0.4, -0.2) is 71.6 Å². The van der Waals surface area contributed by atoms with Crippen molar-refractivity contribution in [3.8, 4) is 5.75 Å². The van der Waals surface area contributed by atoms with Crippen molar-refractivity contribution in [1.29, 1.82) is 0 Å². The smallest absolute Gasteiger partial charge is 0.225 e. The summed E-state index contributed by atoms with van der Waals surface area (Å²) in [5.74, 6) is 2.41. The predicted octanol–water partition coefficient (Wildman–Crippen LogP) is 5.27. The zero-order chi connectivity index (χ0) is 28.3.